The van der Waals surface area contributed by atoms with Crippen LogP contribution in [0, 0.1) is 12.8 Å². The summed E-state index contributed by atoms with van der Waals surface area (Å²) in [5, 5.41) is 7.05. The van der Waals surface area contributed by atoms with Gasteiger partial charge < -0.3 is 5.32 Å². The van der Waals surface area contributed by atoms with E-state index in [-0.39, 0.29) is 23.5 Å². The van der Waals surface area contributed by atoms with Crippen molar-refractivity contribution in [3.8, 4) is 0 Å². The second-order valence-corrected chi connectivity index (χ2v) is 7.98. The summed E-state index contributed by atoms with van der Waals surface area (Å²) in [5.41, 5.74) is 1.25. The first-order valence-electron chi connectivity index (χ1n) is 6.83. The van der Waals surface area contributed by atoms with Gasteiger partial charge in [0, 0.05) is 12.2 Å². The van der Waals surface area contributed by atoms with Crippen molar-refractivity contribution < 1.29 is 13.2 Å². The lowest BCUT2D eigenvalue weighted by atomic mass is 10.2. The lowest BCUT2D eigenvalue weighted by Gasteiger charge is -2.12. The first-order chi connectivity index (χ1) is 9.30. The molecule has 2 heterocycles. The third-order valence-corrected chi connectivity index (χ3v) is 5.26. The highest BCUT2D eigenvalue weighted by Gasteiger charge is 2.31. The molecule has 0 aromatic carbocycles. The largest absolute Gasteiger partial charge is 0.352 e. The van der Waals surface area contributed by atoms with E-state index in [1.165, 1.54) is 6.20 Å². The fourth-order valence-corrected chi connectivity index (χ4v) is 4.07. The molecule has 0 bridgehead atoms. The van der Waals surface area contributed by atoms with Crippen molar-refractivity contribution in [1.29, 1.82) is 0 Å². The molecule has 1 fully saturated rings. The monoisotopic (exact) mass is 299 g/mol. The van der Waals surface area contributed by atoms with Crippen LogP contribution in [0.5, 0.6) is 0 Å². The van der Waals surface area contributed by atoms with E-state index in [4.69, 9.17) is 0 Å². The van der Waals surface area contributed by atoms with Crippen LogP contribution < -0.4 is 5.32 Å². The molecule has 1 aliphatic rings. The van der Waals surface area contributed by atoms with E-state index in [9.17, 15) is 13.2 Å². The molecule has 1 aromatic rings. The Morgan fingerprint density at radius 3 is 2.80 bits per heavy atom. The van der Waals surface area contributed by atoms with Crippen LogP contribution in [0.4, 0.5) is 0 Å². The maximum atomic E-state index is 12.0. The summed E-state index contributed by atoms with van der Waals surface area (Å²) in [6.45, 7) is 6.48. The Morgan fingerprint density at radius 2 is 2.25 bits per heavy atom. The number of hydrogen-bond donors (Lipinski definition) is 1. The van der Waals surface area contributed by atoms with Gasteiger partial charge in [0.2, 0.25) is 0 Å². The van der Waals surface area contributed by atoms with E-state index in [0.717, 1.165) is 5.69 Å². The van der Waals surface area contributed by atoms with Crippen molar-refractivity contribution in [3.63, 3.8) is 0 Å². The van der Waals surface area contributed by atoms with E-state index in [1.54, 1.807) is 4.68 Å². The van der Waals surface area contributed by atoms with Crippen LogP contribution >= 0.6 is 0 Å². The summed E-state index contributed by atoms with van der Waals surface area (Å²) in [7, 11) is -2.95. The molecule has 0 radical (unpaired) electrons. The molecule has 6 nitrogen and oxygen atoms in total. The Bertz CT molecular complexity index is 604. The van der Waals surface area contributed by atoms with Gasteiger partial charge in [-0.3, -0.25) is 9.48 Å². The Morgan fingerprint density at radius 1 is 1.55 bits per heavy atom. The number of rotatable bonds is 4. The molecule has 1 aromatic heterocycles. The number of nitrogens with zero attached hydrogens (tertiary/aromatic N) is 2. The Kier molecular flexibility index (Phi) is 4.17. The first kappa shape index (κ1) is 15.0. The highest BCUT2D eigenvalue weighted by Crippen LogP contribution is 2.25. The molecule has 0 aliphatic carbocycles. The van der Waals surface area contributed by atoms with Gasteiger partial charge in [-0.1, -0.05) is 13.8 Å². The maximum Gasteiger partial charge on any atom is 0.254 e. The van der Waals surface area contributed by atoms with Crippen LogP contribution in [0.2, 0.25) is 0 Å². The summed E-state index contributed by atoms with van der Waals surface area (Å²) in [6.07, 6.45) is 2.09. The third kappa shape index (κ3) is 3.20. The predicted molar refractivity (Wildman–Crippen MR) is 76.4 cm³/mol. The second-order valence-electron chi connectivity index (χ2n) is 5.75. The number of nitrogens with one attached hydrogen (secondary N) is 1. The lowest BCUT2D eigenvalue weighted by Crippen LogP contribution is -2.27. The zero-order valence-corrected chi connectivity index (χ0v) is 12.9. The molecule has 7 heteroatoms. The summed E-state index contributed by atoms with van der Waals surface area (Å²) >= 11 is 0. The van der Waals surface area contributed by atoms with Crippen molar-refractivity contribution in [2.75, 3.05) is 18.1 Å². The zero-order chi connectivity index (χ0) is 14.9. The molecular formula is C13H21N3O3S. The number of carbonyl (C=O) groups is 1. The molecule has 1 unspecified atom stereocenters. The standard InChI is InChI=1S/C13H21N3O3S/c1-9(2)6-14-13(17)12-7-15-16(10(12)3)11-4-5-20(18,19)8-11/h7,9,11H,4-6,8H2,1-3H3,(H,14,17). The van der Waals surface area contributed by atoms with Gasteiger partial charge in [-0.05, 0) is 19.3 Å². The van der Waals surface area contributed by atoms with E-state index in [2.05, 4.69) is 10.4 Å². The summed E-state index contributed by atoms with van der Waals surface area (Å²) < 4.78 is 24.7. The molecule has 1 N–H and O–H groups in total. The Labute approximate surface area is 119 Å². The topological polar surface area (TPSA) is 81.1 Å². The van der Waals surface area contributed by atoms with Gasteiger partial charge in [-0.15, -0.1) is 0 Å². The van der Waals surface area contributed by atoms with Crippen LogP contribution in [-0.2, 0) is 9.84 Å². The third-order valence-electron chi connectivity index (χ3n) is 3.51. The van der Waals surface area contributed by atoms with Crippen LogP contribution in [0.1, 0.15) is 42.4 Å². The van der Waals surface area contributed by atoms with Crippen molar-refractivity contribution in [3.05, 3.63) is 17.5 Å². The highest BCUT2D eigenvalue weighted by molar-refractivity contribution is 7.91. The van der Waals surface area contributed by atoms with Crippen LogP contribution in [0.25, 0.3) is 0 Å². The molecule has 2 rings (SSSR count). The lowest BCUT2D eigenvalue weighted by molar-refractivity contribution is 0.0948. The average Bonchev–Trinajstić information content (AvgIpc) is 2.89. The van der Waals surface area contributed by atoms with Gasteiger partial charge in [0.1, 0.15) is 0 Å². The average molecular weight is 299 g/mol. The molecule has 0 saturated carbocycles. The van der Waals surface area contributed by atoms with Gasteiger partial charge in [0.15, 0.2) is 9.84 Å². The quantitative estimate of drug-likeness (QED) is 0.897. The number of aromatic nitrogens is 2. The minimum absolute atomic E-state index is 0.114. The summed E-state index contributed by atoms with van der Waals surface area (Å²) in [5.74, 6) is 0.548. The van der Waals surface area contributed by atoms with Gasteiger partial charge in [0.25, 0.3) is 5.91 Å². The van der Waals surface area contributed by atoms with Crippen LogP contribution in [-0.4, -0.2) is 42.2 Å². The zero-order valence-electron chi connectivity index (χ0n) is 12.1. The number of carbonyl (C=O) groups excluding carboxylic acids is 1. The van der Waals surface area contributed by atoms with Gasteiger partial charge in [0.05, 0.1) is 29.3 Å². The second kappa shape index (κ2) is 5.55. The van der Waals surface area contributed by atoms with E-state index >= 15 is 0 Å². The smallest absolute Gasteiger partial charge is 0.254 e. The normalized spacial score (nSPS) is 21.3. The molecule has 1 aliphatic heterocycles. The van der Waals surface area contributed by atoms with Crippen molar-refractivity contribution in [2.45, 2.75) is 33.2 Å². The van der Waals surface area contributed by atoms with E-state index in [1.807, 2.05) is 20.8 Å². The molecule has 0 spiro atoms. The fourth-order valence-electron chi connectivity index (χ4n) is 2.37. The van der Waals surface area contributed by atoms with Gasteiger partial charge in [-0.2, -0.15) is 5.10 Å². The molecule has 1 amide bonds. The minimum Gasteiger partial charge on any atom is -0.352 e. The highest BCUT2D eigenvalue weighted by atomic mass is 32.2. The molecule has 1 atom stereocenters. The van der Waals surface area contributed by atoms with Gasteiger partial charge >= 0.3 is 0 Å². The fraction of sp³-hybridized carbons (Fsp3) is 0.692. The number of amides is 1. The molecule has 112 valence electrons. The van der Waals surface area contributed by atoms with E-state index < -0.39 is 9.84 Å². The first-order valence-corrected chi connectivity index (χ1v) is 8.65. The number of hydrogen-bond acceptors (Lipinski definition) is 4. The number of sulfone groups is 1. The van der Waals surface area contributed by atoms with Crippen LogP contribution in [0.15, 0.2) is 6.20 Å². The van der Waals surface area contributed by atoms with Crippen molar-refractivity contribution in [2.24, 2.45) is 5.92 Å². The minimum atomic E-state index is -2.95. The predicted octanol–water partition coefficient (Wildman–Crippen LogP) is 0.937. The van der Waals surface area contributed by atoms with E-state index in [0.29, 0.717) is 24.4 Å². The summed E-state index contributed by atoms with van der Waals surface area (Å²) in [4.78, 5) is 12.0. The van der Waals surface area contributed by atoms with Crippen LogP contribution in [0.3, 0.4) is 0 Å². The summed E-state index contributed by atoms with van der Waals surface area (Å²) in [6, 6.07) is -0.147. The molecule has 1 saturated heterocycles. The maximum absolute atomic E-state index is 12.0. The van der Waals surface area contributed by atoms with Gasteiger partial charge in [-0.25, -0.2) is 8.42 Å². The Balaban J connectivity index is 2.13. The van der Waals surface area contributed by atoms with Crippen molar-refractivity contribution in [1.82, 2.24) is 15.1 Å². The SMILES string of the molecule is Cc1c(C(=O)NCC(C)C)cnn1C1CCS(=O)(=O)C1. The molecular weight excluding hydrogens is 278 g/mol. The molecule has 20 heavy (non-hydrogen) atoms. The Hall–Kier alpha value is -1.37. The van der Waals surface area contributed by atoms with Crippen molar-refractivity contribution >= 4 is 15.7 Å².